The lowest BCUT2D eigenvalue weighted by Gasteiger charge is -2.32. The van der Waals surface area contributed by atoms with Crippen molar-refractivity contribution in [2.45, 2.75) is 12.0 Å². The predicted molar refractivity (Wildman–Crippen MR) is 149 cm³/mol. The van der Waals surface area contributed by atoms with Gasteiger partial charge in [0.2, 0.25) is 0 Å². The molecule has 36 heavy (non-hydrogen) atoms. The summed E-state index contributed by atoms with van der Waals surface area (Å²) in [7, 11) is 3.59. The third-order valence-corrected chi connectivity index (χ3v) is 7.22. The minimum Gasteiger partial charge on any atom is -0.495 e. The standard InChI is InChI=1S/C34H28O2/c1-35-33-29(23-13-5-3-6-14-23)21-25-17-9-11-19-27(25)31(33)32-28-20-12-10-18-26(28)22-30(34(32)36-2)24-15-7-4-8-16-24/h3-22,29,33H,1-2H3/t29-,33+/m1/s1. The number of hydrogen-bond acceptors (Lipinski definition) is 2. The van der Waals surface area contributed by atoms with Gasteiger partial charge in [0.1, 0.15) is 5.75 Å². The fourth-order valence-electron chi connectivity index (χ4n) is 5.63. The van der Waals surface area contributed by atoms with E-state index in [9.17, 15) is 0 Å². The molecule has 2 heteroatoms. The Morgan fingerprint density at radius 3 is 2.08 bits per heavy atom. The highest BCUT2D eigenvalue weighted by molar-refractivity contribution is 6.02. The van der Waals surface area contributed by atoms with Crippen LogP contribution in [0, 0.1) is 0 Å². The van der Waals surface area contributed by atoms with Crippen molar-refractivity contribution in [1.82, 2.24) is 0 Å². The number of fused-ring (bicyclic) bond motifs is 2. The molecule has 0 saturated heterocycles. The maximum absolute atomic E-state index is 6.35. The number of hydrogen-bond donors (Lipinski definition) is 0. The maximum Gasteiger partial charge on any atom is 0.134 e. The summed E-state index contributed by atoms with van der Waals surface area (Å²) in [6, 6.07) is 40.6. The molecule has 176 valence electrons. The van der Waals surface area contributed by atoms with Crippen LogP contribution in [0.3, 0.4) is 0 Å². The Labute approximate surface area is 211 Å². The van der Waals surface area contributed by atoms with Crippen LogP contribution in [0.5, 0.6) is 5.75 Å². The minimum absolute atomic E-state index is 0.0740. The zero-order valence-corrected chi connectivity index (χ0v) is 20.5. The fraction of sp³-hybridized carbons (Fsp3) is 0.118. The molecular weight excluding hydrogens is 440 g/mol. The molecule has 2 atom stereocenters. The van der Waals surface area contributed by atoms with E-state index in [2.05, 4.69) is 115 Å². The normalized spacial score (nSPS) is 16.9. The van der Waals surface area contributed by atoms with Gasteiger partial charge >= 0.3 is 0 Å². The zero-order chi connectivity index (χ0) is 24.5. The van der Waals surface area contributed by atoms with E-state index in [1.807, 2.05) is 13.2 Å². The van der Waals surface area contributed by atoms with E-state index in [-0.39, 0.29) is 12.0 Å². The number of methoxy groups -OCH3 is 2. The van der Waals surface area contributed by atoms with Crippen molar-refractivity contribution >= 4 is 22.4 Å². The first-order valence-electron chi connectivity index (χ1n) is 12.3. The third kappa shape index (κ3) is 3.71. The van der Waals surface area contributed by atoms with Gasteiger partial charge in [-0.15, -0.1) is 0 Å². The Morgan fingerprint density at radius 2 is 1.33 bits per heavy atom. The monoisotopic (exact) mass is 468 g/mol. The average Bonchev–Trinajstić information content (AvgIpc) is 2.96. The smallest absolute Gasteiger partial charge is 0.134 e. The average molecular weight is 469 g/mol. The number of rotatable bonds is 5. The summed E-state index contributed by atoms with van der Waals surface area (Å²) in [5.41, 5.74) is 5.71. The molecule has 0 N–H and O–H groups in total. The quantitative estimate of drug-likeness (QED) is 0.301. The molecule has 6 rings (SSSR count). The van der Waals surface area contributed by atoms with Gasteiger partial charge in [0.05, 0.1) is 13.2 Å². The second-order valence-corrected chi connectivity index (χ2v) is 9.18. The molecule has 0 unspecified atom stereocenters. The Morgan fingerprint density at radius 1 is 0.667 bits per heavy atom. The lowest BCUT2D eigenvalue weighted by atomic mass is 9.78. The second-order valence-electron chi connectivity index (χ2n) is 9.18. The molecule has 5 aromatic carbocycles. The molecule has 1 aliphatic carbocycles. The molecule has 5 aromatic rings. The summed E-state index contributed by atoms with van der Waals surface area (Å²) in [6.07, 6.45) is 2.17. The first-order valence-corrected chi connectivity index (χ1v) is 12.3. The van der Waals surface area contributed by atoms with Crippen LogP contribution in [0.4, 0.5) is 0 Å². The number of ether oxygens (including phenoxy) is 2. The Bertz CT molecular complexity index is 1650. The van der Waals surface area contributed by atoms with E-state index in [4.69, 9.17) is 9.47 Å². The van der Waals surface area contributed by atoms with E-state index < -0.39 is 0 Å². The molecule has 0 aromatic heterocycles. The van der Waals surface area contributed by atoms with Crippen LogP contribution < -0.4 is 15.2 Å². The highest BCUT2D eigenvalue weighted by Gasteiger charge is 2.32. The highest BCUT2D eigenvalue weighted by atomic mass is 16.5. The predicted octanol–water partition coefficient (Wildman–Crippen LogP) is 6.31. The van der Waals surface area contributed by atoms with Gasteiger partial charge in [0.25, 0.3) is 0 Å². The van der Waals surface area contributed by atoms with E-state index in [1.54, 1.807) is 7.11 Å². The molecule has 2 nitrogen and oxygen atoms in total. The van der Waals surface area contributed by atoms with Crippen LogP contribution in [-0.4, -0.2) is 20.3 Å². The van der Waals surface area contributed by atoms with Gasteiger partial charge in [0.15, 0.2) is 0 Å². The van der Waals surface area contributed by atoms with E-state index in [0.717, 1.165) is 33.4 Å². The van der Waals surface area contributed by atoms with Crippen molar-refractivity contribution in [2.75, 3.05) is 14.2 Å². The van der Waals surface area contributed by atoms with Gasteiger partial charge in [-0.25, -0.2) is 0 Å². The van der Waals surface area contributed by atoms with Crippen molar-refractivity contribution in [1.29, 1.82) is 0 Å². The fourth-order valence-corrected chi connectivity index (χ4v) is 5.63. The largest absolute Gasteiger partial charge is 0.495 e. The van der Waals surface area contributed by atoms with Crippen LogP contribution >= 0.6 is 0 Å². The number of benzene rings is 5. The van der Waals surface area contributed by atoms with Crippen LogP contribution in [0.25, 0.3) is 33.5 Å². The summed E-state index contributed by atoms with van der Waals surface area (Å²) < 4.78 is 12.6. The molecular formula is C34H28O2. The summed E-state index contributed by atoms with van der Waals surface area (Å²) in [6.45, 7) is 0. The molecule has 0 heterocycles. The van der Waals surface area contributed by atoms with Gasteiger partial charge in [-0.3, -0.25) is 0 Å². The lowest BCUT2D eigenvalue weighted by molar-refractivity contribution is 0.139. The van der Waals surface area contributed by atoms with E-state index >= 15 is 0 Å². The third-order valence-electron chi connectivity index (χ3n) is 7.22. The zero-order valence-electron chi connectivity index (χ0n) is 20.5. The van der Waals surface area contributed by atoms with Crippen LogP contribution in [-0.2, 0) is 4.74 Å². The molecule has 0 spiro atoms. The van der Waals surface area contributed by atoms with E-state index in [0.29, 0.717) is 0 Å². The molecule has 1 aliphatic rings. The van der Waals surface area contributed by atoms with Crippen molar-refractivity contribution < 1.29 is 9.47 Å². The molecule has 0 fully saturated rings. The molecule has 0 aliphatic heterocycles. The summed E-state index contributed by atoms with van der Waals surface area (Å²) >= 11 is 0. The Kier molecular flexibility index (Phi) is 5.88. The molecule has 0 amide bonds. The lowest BCUT2D eigenvalue weighted by Crippen LogP contribution is -2.39. The van der Waals surface area contributed by atoms with Crippen LogP contribution in [0.2, 0.25) is 0 Å². The van der Waals surface area contributed by atoms with Gasteiger partial charge in [-0.2, -0.15) is 0 Å². The SMILES string of the molecule is COc1c(-c2ccccc2)cc2ccccc2c1C1=c2ccccc2=C[C@H](c2ccccc2)[C@@H]1OC. The molecule has 0 bridgehead atoms. The van der Waals surface area contributed by atoms with Gasteiger partial charge < -0.3 is 9.47 Å². The Hall–Kier alpha value is -4.14. The van der Waals surface area contributed by atoms with E-state index in [1.165, 1.54) is 21.4 Å². The highest BCUT2D eigenvalue weighted by Crippen LogP contribution is 2.45. The Balaban J connectivity index is 1.75. The maximum atomic E-state index is 6.35. The second kappa shape index (κ2) is 9.49. The topological polar surface area (TPSA) is 18.5 Å². The summed E-state index contributed by atoms with van der Waals surface area (Å²) in [5.74, 6) is 0.949. The van der Waals surface area contributed by atoms with Crippen molar-refractivity contribution in [3.8, 4) is 16.9 Å². The van der Waals surface area contributed by atoms with Crippen LogP contribution in [0.15, 0.2) is 115 Å². The van der Waals surface area contributed by atoms with Gasteiger partial charge in [-0.05, 0) is 38.4 Å². The minimum atomic E-state index is -0.175. The molecule has 0 radical (unpaired) electrons. The first-order chi connectivity index (χ1) is 17.8. The van der Waals surface area contributed by atoms with Crippen molar-refractivity contribution in [3.05, 3.63) is 137 Å². The van der Waals surface area contributed by atoms with Gasteiger partial charge in [0, 0.05) is 29.7 Å². The summed E-state index contributed by atoms with van der Waals surface area (Å²) in [4.78, 5) is 0. The summed E-state index contributed by atoms with van der Waals surface area (Å²) in [5, 5.41) is 4.74. The first kappa shape index (κ1) is 22.3. The van der Waals surface area contributed by atoms with Crippen LogP contribution in [0.1, 0.15) is 17.0 Å². The van der Waals surface area contributed by atoms with Crippen molar-refractivity contribution in [2.24, 2.45) is 0 Å². The molecule has 0 saturated carbocycles. The van der Waals surface area contributed by atoms with Gasteiger partial charge in [-0.1, -0.05) is 115 Å². The van der Waals surface area contributed by atoms with Crippen molar-refractivity contribution in [3.63, 3.8) is 0 Å².